The van der Waals surface area contributed by atoms with Crippen LogP contribution in [0.25, 0.3) is 11.3 Å². The summed E-state index contributed by atoms with van der Waals surface area (Å²) >= 11 is 0. The molecule has 2 aromatic rings. The summed E-state index contributed by atoms with van der Waals surface area (Å²) in [6.45, 7) is 1.78. The number of hydrogen-bond acceptors (Lipinski definition) is 3. The molecular weight excluding hydrogens is 272 g/mol. The second-order valence-electron chi connectivity index (χ2n) is 5.89. The third-order valence-corrected chi connectivity index (χ3v) is 4.13. The van der Waals surface area contributed by atoms with E-state index >= 15 is 0 Å². The van der Waals surface area contributed by atoms with Crippen LogP contribution in [0, 0.1) is 0 Å². The minimum absolute atomic E-state index is 0.769. The van der Waals surface area contributed by atoms with Gasteiger partial charge in [0.2, 0.25) is 0 Å². The number of aromatic nitrogens is 3. The van der Waals surface area contributed by atoms with Gasteiger partial charge in [0, 0.05) is 19.2 Å². The van der Waals surface area contributed by atoms with Gasteiger partial charge in [-0.25, -0.2) is 0 Å². The predicted octanol–water partition coefficient (Wildman–Crippen LogP) is 3.46. The van der Waals surface area contributed by atoms with Gasteiger partial charge in [-0.05, 0) is 38.6 Å². The summed E-state index contributed by atoms with van der Waals surface area (Å²) < 4.78 is 0. The van der Waals surface area contributed by atoms with Gasteiger partial charge in [0.25, 0.3) is 0 Å². The summed E-state index contributed by atoms with van der Waals surface area (Å²) in [5, 5.41) is 12.5. The highest BCUT2D eigenvalue weighted by atomic mass is 15.5. The van der Waals surface area contributed by atoms with Gasteiger partial charge in [0.15, 0.2) is 0 Å². The van der Waals surface area contributed by atoms with Crippen LogP contribution in [0.15, 0.2) is 42.0 Å². The van der Waals surface area contributed by atoms with Gasteiger partial charge in [-0.15, -0.1) is 0 Å². The van der Waals surface area contributed by atoms with Crippen molar-refractivity contribution in [3.8, 4) is 11.3 Å². The van der Waals surface area contributed by atoms with Gasteiger partial charge in [-0.2, -0.15) is 15.0 Å². The molecule has 0 bridgehead atoms. The van der Waals surface area contributed by atoms with Crippen molar-refractivity contribution < 1.29 is 0 Å². The van der Waals surface area contributed by atoms with E-state index in [-0.39, 0.29) is 0 Å². The van der Waals surface area contributed by atoms with Crippen molar-refractivity contribution in [2.45, 2.75) is 38.6 Å². The molecule has 0 amide bonds. The van der Waals surface area contributed by atoms with E-state index in [0.29, 0.717) is 0 Å². The minimum atomic E-state index is 0.769. The molecule has 0 atom stereocenters. The first-order chi connectivity index (χ1) is 10.8. The third kappa shape index (κ3) is 3.83. The van der Waals surface area contributed by atoms with E-state index in [4.69, 9.17) is 0 Å². The van der Waals surface area contributed by atoms with Gasteiger partial charge in [-0.3, -0.25) is 0 Å². The zero-order chi connectivity index (χ0) is 15.2. The molecule has 0 aliphatic heterocycles. The van der Waals surface area contributed by atoms with Gasteiger partial charge >= 0.3 is 0 Å². The van der Waals surface area contributed by atoms with Crippen LogP contribution in [0.4, 0.5) is 0 Å². The lowest BCUT2D eigenvalue weighted by molar-refractivity contribution is 0.609. The molecule has 0 saturated heterocycles. The Labute approximate surface area is 132 Å². The fraction of sp³-hybridized carbons (Fsp3) is 0.444. The van der Waals surface area contributed by atoms with Gasteiger partial charge < -0.3 is 5.32 Å². The molecule has 0 spiro atoms. The SMILES string of the molecule is Cn1nc(CNCCC2=CCCCC2)c(-c2ccccc2)n1. The van der Waals surface area contributed by atoms with Crippen LogP contribution in [0.2, 0.25) is 0 Å². The molecule has 1 aliphatic rings. The first-order valence-electron chi connectivity index (χ1n) is 8.17. The molecule has 1 aliphatic carbocycles. The first kappa shape index (κ1) is 15.0. The maximum atomic E-state index is 4.50. The number of rotatable bonds is 6. The molecule has 1 aromatic carbocycles. The van der Waals surface area contributed by atoms with E-state index < -0.39 is 0 Å². The summed E-state index contributed by atoms with van der Waals surface area (Å²) in [6, 6.07) is 10.3. The second-order valence-corrected chi connectivity index (χ2v) is 5.89. The van der Waals surface area contributed by atoms with Crippen LogP contribution >= 0.6 is 0 Å². The maximum Gasteiger partial charge on any atom is 0.117 e. The topological polar surface area (TPSA) is 42.7 Å². The summed E-state index contributed by atoms with van der Waals surface area (Å²) in [7, 11) is 1.88. The molecule has 116 valence electrons. The highest BCUT2D eigenvalue weighted by Crippen LogP contribution is 2.21. The Bertz CT molecular complexity index is 628. The fourth-order valence-corrected chi connectivity index (χ4v) is 2.97. The number of hydrogen-bond donors (Lipinski definition) is 1. The van der Waals surface area contributed by atoms with Crippen molar-refractivity contribution in [2.75, 3.05) is 6.54 Å². The average Bonchev–Trinajstić information content (AvgIpc) is 2.94. The van der Waals surface area contributed by atoms with Crippen molar-refractivity contribution >= 4 is 0 Å². The second kappa shape index (κ2) is 7.36. The largest absolute Gasteiger partial charge is 0.311 e. The number of nitrogens with one attached hydrogen (secondary N) is 1. The van der Waals surface area contributed by atoms with Crippen LogP contribution in [-0.4, -0.2) is 21.5 Å². The third-order valence-electron chi connectivity index (χ3n) is 4.13. The van der Waals surface area contributed by atoms with Crippen LogP contribution in [0.3, 0.4) is 0 Å². The monoisotopic (exact) mass is 296 g/mol. The zero-order valence-corrected chi connectivity index (χ0v) is 13.3. The highest BCUT2D eigenvalue weighted by Gasteiger charge is 2.11. The Morgan fingerprint density at radius 2 is 2.00 bits per heavy atom. The molecule has 22 heavy (non-hydrogen) atoms. The zero-order valence-electron chi connectivity index (χ0n) is 13.3. The molecule has 0 unspecified atom stereocenters. The normalized spacial score (nSPS) is 14.9. The lowest BCUT2D eigenvalue weighted by Crippen LogP contribution is -2.16. The maximum absolute atomic E-state index is 4.50. The number of nitrogens with zero attached hydrogens (tertiary/aromatic N) is 3. The van der Waals surface area contributed by atoms with E-state index in [2.05, 4.69) is 33.7 Å². The van der Waals surface area contributed by atoms with Gasteiger partial charge in [0.05, 0.1) is 0 Å². The summed E-state index contributed by atoms with van der Waals surface area (Å²) in [4.78, 5) is 1.66. The van der Waals surface area contributed by atoms with Crippen LogP contribution in [0.1, 0.15) is 37.8 Å². The Morgan fingerprint density at radius 1 is 1.14 bits per heavy atom. The lowest BCUT2D eigenvalue weighted by atomic mass is 9.97. The van der Waals surface area contributed by atoms with Crippen LogP contribution in [-0.2, 0) is 13.6 Å². The molecule has 4 nitrogen and oxygen atoms in total. The molecule has 4 heteroatoms. The Kier molecular flexibility index (Phi) is 5.01. The number of allylic oxidation sites excluding steroid dienone is 1. The van der Waals surface area contributed by atoms with Crippen molar-refractivity contribution in [3.05, 3.63) is 47.7 Å². The quantitative estimate of drug-likeness (QED) is 0.655. The molecule has 0 fully saturated rings. The smallest absolute Gasteiger partial charge is 0.117 e. The van der Waals surface area contributed by atoms with E-state index in [1.807, 2.05) is 25.2 Å². The molecule has 1 heterocycles. The highest BCUT2D eigenvalue weighted by molar-refractivity contribution is 5.60. The van der Waals surface area contributed by atoms with Crippen molar-refractivity contribution in [1.82, 2.24) is 20.3 Å². The molecule has 0 saturated carbocycles. The Hall–Kier alpha value is -1.94. The summed E-state index contributed by atoms with van der Waals surface area (Å²) in [5.41, 5.74) is 4.74. The number of benzene rings is 1. The van der Waals surface area contributed by atoms with Crippen molar-refractivity contribution in [2.24, 2.45) is 7.05 Å². The average molecular weight is 296 g/mol. The minimum Gasteiger partial charge on any atom is -0.311 e. The fourth-order valence-electron chi connectivity index (χ4n) is 2.97. The molecule has 0 radical (unpaired) electrons. The van der Waals surface area contributed by atoms with E-state index in [0.717, 1.165) is 36.5 Å². The molecule has 1 aromatic heterocycles. The van der Waals surface area contributed by atoms with E-state index in [1.54, 1.807) is 10.4 Å². The summed E-state index contributed by atoms with van der Waals surface area (Å²) in [5.74, 6) is 0. The van der Waals surface area contributed by atoms with Crippen LogP contribution in [0.5, 0.6) is 0 Å². The lowest BCUT2D eigenvalue weighted by Gasteiger charge is -2.12. The van der Waals surface area contributed by atoms with E-state index in [1.165, 1.54) is 25.7 Å². The molecule has 1 N–H and O–H groups in total. The Morgan fingerprint density at radius 3 is 2.77 bits per heavy atom. The van der Waals surface area contributed by atoms with Crippen LogP contribution < -0.4 is 5.32 Å². The standard InChI is InChI=1S/C18H24N4/c1-22-20-17(18(21-22)16-10-6-3-7-11-16)14-19-13-12-15-8-4-2-5-9-15/h3,6-8,10-11,19H,2,4-5,9,12-14H2,1H3. The van der Waals surface area contributed by atoms with Gasteiger partial charge in [0.1, 0.15) is 11.4 Å². The molecular formula is C18H24N4. The predicted molar refractivity (Wildman–Crippen MR) is 89.3 cm³/mol. The molecule has 3 rings (SSSR count). The van der Waals surface area contributed by atoms with Crippen molar-refractivity contribution in [3.63, 3.8) is 0 Å². The summed E-state index contributed by atoms with van der Waals surface area (Å²) in [6.07, 6.45) is 8.83. The number of aryl methyl sites for hydroxylation is 1. The van der Waals surface area contributed by atoms with E-state index in [9.17, 15) is 0 Å². The Balaban J connectivity index is 1.57. The van der Waals surface area contributed by atoms with Gasteiger partial charge in [-0.1, -0.05) is 42.0 Å². The van der Waals surface area contributed by atoms with Crippen molar-refractivity contribution in [1.29, 1.82) is 0 Å². The first-order valence-corrected chi connectivity index (χ1v) is 8.17.